The highest BCUT2D eigenvalue weighted by Crippen LogP contribution is 2.01. The van der Waals surface area contributed by atoms with Gasteiger partial charge in [-0.25, -0.2) is 4.79 Å². The van der Waals surface area contributed by atoms with E-state index < -0.39 is 17.9 Å². The Morgan fingerprint density at radius 2 is 2.06 bits per heavy atom. The number of carboxylic acid groups (broad SMARTS) is 1. The van der Waals surface area contributed by atoms with Gasteiger partial charge in [-0.1, -0.05) is 0 Å². The van der Waals surface area contributed by atoms with E-state index in [1.807, 2.05) is 5.32 Å². The molecule has 1 aromatic heterocycles. The van der Waals surface area contributed by atoms with Gasteiger partial charge in [-0.05, 0) is 12.1 Å². The number of nitrogens with one attached hydrogen (secondary N) is 2. The van der Waals surface area contributed by atoms with E-state index in [0.29, 0.717) is 5.69 Å². The summed E-state index contributed by atoms with van der Waals surface area (Å²) < 4.78 is 0. The van der Waals surface area contributed by atoms with Crippen LogP contribution in [-0.4, -0.2) is 28.0 Å². The number of urea groups is 1. The van der Waals surface area contributed by atoms with Gasteiger partial charge in [0.2, 0.25) is 5.91 Å². The number of carbonyl (C=O) groups excluding carboxylic acids is 2. The molecule has 0 saturated heterocycles. The molecular formula is C10H11N3O4. The van der Waals surface area contributed by atoms with Crippen LogP contribution in [0.3, 0.4) is 0 Å². The molecule has 0 bridgehead atoms. The zero-order valence-electron chi connectivity index (χ0n) is 8.84. The van der Waals surface area contributed by atoms with Crippen molar-refractivity contribution in [3.8, 4) is 0 Å². The minimum atomic E-state index is -1.09. The monoisotopic (exact) mass is 237 g/mol. The number of carbonyl (C=O) groups is 3. The first-order valence-corrected chi connectivity index (χ1v) is 4.80. The summed E-state index contributed by atoms with van der Waals surface area (Å²) in [7, 11) is 0. The summed E-state index contributed by atoms with van der Waals surface area (Å²) in [4.78, 5) is 36.3. The zero-order valence-corrected chi connectivity index (χ0v) is 8.84. The maximum atomic E-state index is 11.2. The van der Waals surface area contributed by atoms with E-state index in [-0.39, 0.29) is 12.8 Å². The lowest BCUT2D eigenvalue weighted by Gasteiger charge is -2.05. The van der Waals surface area contributed by atoms with E-state index in [4.69, 9.17) is 5.11 Å². The summed E-state index contributed by atoms with van der Waals surface area (Å²) in [6, 6.07) is 2.52. The quantitative estimate of drug-likeness (QED) is 0.710. The standard InChI is InChI=1S/C10H11N3O4/c14-8(3-4-9(15)16)13-10(17)12-7-2-1-5-11-6-7/h1-2,5-6H,3-4H2,(H,15,16)(H2,12,13,14,17). The van der Waals surface area contributed by atoms with E-state index in [0.717, 1.165) is 0 Å². The second-order valence-electron chi connectivity index (χ2n) is 3.14. The average Bonchev–Trinajstić information content (AvgIpc) is 2.27. The van der Waals surface area contributed by atoms with Gasteiger partial charge in [0.25, 0.3) is 0 Å². The second-order valence-corrected chi connectivity index (χ2v) is 3.14. The van der Waals surface area contributed by atoms with Crippen LogP contribution in [0.4, 0.5) is 10.5 Å². The fourth-order valence-electron chi connectivity index (χ4n) is 1.01. The smallest absolute Gasteiger partial charge is 0.325 e. The molecule has 3 amide bonds. The fraction of sp³-hybridized carbons (Fsp3) is 0.200. The summed E-state index contributed by atoms with van der Waals surface area (Å²) in [6.45, 7) is 0. The Kier molecular flexibility index (Phi) is 4.61. The van der Waals surface area contributed by atoms with Crippen LogP contribution in [-0.2, 0) is 9.59 Å². The number of pyridine rings is 1. The number of nitrogens with zero attached hydrogens (tertiary/aromatic N) is 1. The van der Waals surface area contributed by atoms with Crippen molar-refractivity contribution >= 4 is 23.6 Å². The van der Waals surface area contributed by atoms with Crippen LogP contribution < -0.4 is 10.6 Å². The summed E-state index contributed by atoms with van der Waals surface area (Å²) in [5, 5.41) is 12.7. The molecule has 90 valence electrons. The molecule has 0 fully saturated rings. The van der Waals surface area contributed by atoms with Crippen LogP contribution >= 0.6 is 0 Å². The predicted molar refractivity (Wildman–Crippen MR) is 58.3 cm³/mol. The molecule has 1 aromatic rings. The van der Waals surface area contributed by atoms with Gasteiger partial charge in [-0.2, -0.15) is 0 Å². The summed E-state index contributed by atoms with van der Waals surface area (Å²) >= 11 is 0. The molecule has 0 aliphatic rings. The summed E-state index contributed by atoms with van der Waals surface area (Å²) in [6.07, 6.45) is 2.41. The Bertz CT molecular complexity index is 419. The molecule has 7 heteroatoms. The Labute approximate surface area is 96.9 Å². The number of aliphatic carboxylic acids is 1. The molecule has 17 heavy (non-hydrogen) atoms. The van der Waals surface area contributed by atoms with E-state index in [1.165, 1.54) is 6.20 Å². The summed E-state index contributed by atoms with van der Waals surface area (Å²) in [5.74, 6) is -1.73. The number of hydrogen-bond donors (Lipinski definition) is 3. The minimum Gasteiger partial charge on any atom is -0.481 e. The van der Waals surface area contributed by atoms with Crippen molar-refractivity contribution in [2.75, 3.05) is 5.32 Å². The largest absolute Gasteiger partial charge is 0.481 e. The SMILES string of the molecule is O=C(O)CCC(=O)NC(=O)Nc1cccnc1. The van der Waals surface area contributed by atoms with Crippen LogP contribution in [0.2, 0.25) is 0 Å². The molecule has 0 aliphatic heterocycles. The third-order valence-corrected chi connectivity index (χ3v) is 1.74. The Morgan fingerprint density at radius 3 is 2.65 bits per heavy atom. The number of aromatic nitrogens is 1. The van der Waals surface area contributed by atoms with Gasteiger partial charge in [0.1, 0.15) is 0 Å². The maximum absolute atomic E-state index is 11.2. The Hall–Kier alpha value is -2.44. The van der Waals surface area contributed by atoms with Crippen molar-refractivity contribution in [3.05, 3.63) is 24.5 Å². The third kappa shape index (κ3) is 5.26. The number of carboxylic acids is 1. The molecule has 0 spiro atoms. The highest BCUT2D eigenvalue weighted by atomic mass is 16.4. The first kappa shape index (κ1) is 12.6. The van der Waals surface area contributed by atoms with Crippen molar-refractivity contribution in [2.45, 2.75) is 12.8 Å². The molecule has 3 N–H and O–H groups in total. The molecule has 7 nitrogen and oxygen atoms in total. The predicted octanol–water partition coefficient (Wildman–Crippen LogP) is 0.594. The number of rotatable bonds is 4. The first-order valence-electron chi connectivity index (χ1n) is 4.80. The van der Waals surface area contributed by atoms with Crippen molar-refractivity contribution in [3.63, 3.8) is 0 Å². The molecule has 1 rings (SSSR count). The molecule has 0 aromatic carbocycles. The normalized spacial score (nSPS) is 9.41. The Balaban J connectivity index is 2.35. The van der Waals surface area contributed by atoms with E-state index in [2.05, 4.69) is 10.3 Å². The van der Waals surface area contributed by atoms with E-state index >= 15 is 0 Å². The number of hydrogen-bond acceptors (Lipinski definition) is 4. The molecule has 0 unspecified atom stereocenters. The highest BCUT2D eigenvalue weighted by Gasteiger charge is 2.09. The van der Waals surface area contributed by atoms with Gasteiger partial charge in [0, 0.05) is 12.6 Å². The van der Waals surface area contributed by atoms with Crippen molar-refractivity contribution in [1.82, 2.24) is 10.3 Å². The van der Waals surface area contributed by atoms with Crippen molar-refractivity contribution < 1.29 is 19.5 Å². The number of amides is 3. The van der Waals surface area contributed by atoms with Crippen molar-refractivity contribution in [2.24, 2.45) is 0 Å². The van der Waals surface area contributed by atoms with Crippen molar-refractivity contribution in [1.29, 1.82) is 0 Å². The van der Waals surface area contributed by atoms with Gasteiger partial charge >= 0.3 is 12.0 Å². The highest BCUT2D eigenvalue weighted by molar-refractivity contribution is 6.01. The molecule has 0 radical (unpaired) electrons. The topological polar surface area (TPSA) is 108 Å². The maximum Gasteiger partial charge on any atom is 0.325 e. The van der Waals surface area contributed by atoms with Gasteiger partial charge in [-0.15, -0.1) is 0 Å². The number of imide groups is 1. The minimum absolute atomic E-state index is 0.240. The molecule has 1 heterocycles. The van der Waals surface area contributed by atoms with Gasteiger partial charge in [0.05, 0.1) is 18.3 Å². The lowest BCUT2D eigenvalue weighted by Crippen LogP contribution is -2.34. The van der Waals surface area contributed by atoms with Crippen LogP contribution in [0.5, 0.6) is 0 Å². The van der Waals surface area contributed by atoms with Gasteiger partial charge < -0.3 is 10.4 Å². The number of anilines is 1. The van der Waals surface area contributed by atoms with Crippen LogP contribution in [0.15, 0.2) is 24.5 Å². The zero-order chi connectivity index (χ0) is 12.7. The lowest BCUT2D eigenvalue weighted by atomic mass is 10.3. The van der Waals surface area contributed by atoms with Gasteiger partial charge in [0.15, 0.2) is 0 Å². The van der Waals surface area contributed by atoms with Crippen LogP contribution in [0.25, 0.3) is 0 Å². The van der Waals surface area contributed by atoms with Crippen LogP contribution in [0, 0.1) is 0 Å². The molecule has 0 saturated carbocycles. The van der Waals surface area contributed by atoms with Gasteiger partial charge in [-0.3, -0.25) is 19.9 Å². The molecular weight excluding hydrogens is 226 g/mol. The fourth-order valence-corrected chi connectivity index (χ4v) is 1.01. The molecule has 0 aliphatic carbocycles. The average molecular weight is 237 g/mol. The van der Waals surface area contributed by atoms with E-state index in [1.54, 1.807) is 18.3 Å². The lowest BCUT2D eigenvalue weighted by molar-refractivity contribution is -0.138. The summed E-state index contributed by atoms with van der Waals surface area (Å²) in [5.41, 5.74) is 0.441. The Morgan fingerprint density at radius 1 is 1.29 bits per heavy atom. The van der Waals surface area contributed by atoms with E-state index in [9.17, 15) is 14.4 Å². The third-order valence-electron chi connectivity index (χ3n) is 1.74. The molecule has 0 atom stereocenters. The van der Waals surface area contributed by atoms with Crippen LogP contribution in [0.1, 0.15) is 12.8 Å². The second kappa shape index (κ2) is 6.21. The first-order chi connectivity index (χ1) is 8.08.